The maximum atomic E-state index is 13.8. The van der Waals surface area contributed by atoms with Crippen LogP contribution in [0, 0.1) is 11.8 Å². The number of rotatable bonds is 12. The number of alkyl halides is 8. The van der Waals surface area contributed by atoms with E-state index in [1.165, 1.54) is 20.8 Å². The van der Waals surface area contributed by atoms with E-state index in [-0.39, 0.29) is 12.8 Å². The molecule has 0 heterocycles. The van der Waals surface area contributed by atoms with Crippen LogP contribution in [0.2, 0.25) is 0 Å². The molecule has 0 rings (SSSR count). The molecule has 25 heavy (non-hydrogen) atoms. The molecule has 0 aromatic heterocycles. The van der Waals surface area contributed by atoms with Crippen LogP contribution in [0.3, 0.4) is 0 Å². The minimum absolute atomic E-state index is 0.0804. The lowest BCUT2D eigenvalue weighted by molar-refractivity contribution is -0.191. The van der Waals surface area contributed by atoms with Gasteiger partial charge in [-0.15, -0.1) is 0 Å². The predicted octanol–water partition coefficient (Wildman–Crippen LogP) is 7.57. The summed E-state index contributed by atoms with van der Waals surface area (Å²) in [4.78, 5) is 0. The highest BCUT2D eigenvalue weighted by Gasteiger charge is 2.54. The van der Waals surface area contributed by atoms with Crippen molar-refractivity contribution < 1.29 is 35.1 Å². The summed E-state index contributed by atoms with van der Waals surface area (Å²) in [5.74, 6) is -18.4. The highest BCUT2D eigenvalue weighted by molar-refractivity contribution is 4.88. The molecule has 0 nitrogen and oxygen atoms in total. The van der Waals surface area contributed by atoms with Gasteiger partial charge in [-0.2, -0.15) is 0 Å². The monoisotopic (exact) mass is 384 g/mol. The molecule has 0 aromatic rings. The Morgan fingerprint density at radius 1 is 0.600 bits per heavy atom. The van der Waals surface area contributed by atoms with Crippen LogP contribution >= 0.6 is 0 Å². The fraction of sp³-hybridized carbons (Fsp3) is 1.00. The van der Waals surface area contributed by atoms with E-state index in [0.29, 0.717) is 6.42 Å². The average Bonchev–Trinajstić information content (AvgIpc) is 2.33. The van der Waals surface area contributed by atoms with Crippen molar-refractivity contribution in [2.24, 2.45) is 11.8 Å². The zero-order valence-electron chi connectivity index (χ0n) is 15.1. The molecular weight excluding hydrogens is 356 g/mol. The molecule has 0 bridgehead atoms. The highest BCUT2D eigenvalue weighted by Crippen LogP contribution is 2.46. The van der Waals surface area contributed by atoms with E-state index in [0.717, 1.165) is 0 Å². The zero-order chi connectivity index (χ0) is 20.1. The predicted molar refractivity (Wildman–Crippen MR) is 81.8 cm³/mol. The molecule has 1 unspecified atom stereocenters. The molecule has 0 fully saturated rings. The first-order valence-electron chi connectivity index (χ1n) is 8.61. The number of halogens is 8. The smallest absolute Gasteiger partial charge is 0.207 e. The summed E-state index contributed by atoms with van der Waals surface area (Å²) < 4.78 is 110. The van der Waals surface area contributed by atoms with Gasteiger partial charge in [0.1, 0.15) is 0 Å². The fourth-order valence-electron chi connectivity index (χ4n) is 2.98. The highest BCUT2D eigenvalue weighted by atomic mass is 19.3. The van der Waals surface area contributed by atoms with E-state index in [2.05, 4.69) is 0 Å². The Kier molecular flexibility index (Phi) is 8.69. The lowest BCUT2D eigenvalue weighted by atomic mass is 9.88. The summed E-state index contributed by atoms with van der Waals surface area (Å²) in [5, 5.41) is 0. The van der Waals surface area contributed by atoms with Gasteiger partial charge in [0, 0.05) is 12.3 Å². The molecule has 0 saturated heterocycles. The summed E-state index contributed by atoms with van der Waals surface area (Å²) >= 11 is 0. The summed E-state index contributed by atoms with van der Waals surface area (Å²) in [5.41, 5.74) is 0. The van der Waals surface area contributed by atoms with E-state index < -0.39 is 61.2 Å². The van der Waals surface area contributed by atoms with Gasteiger partial charge in [-0.05, 0) is 18.8 Å². The fourth-order valence-corrected chi connectivity index (χ4v) is 2.98. The van der Waals surface area contributed by atoms with Crippen LogP contribution in [-0.4, -0.2) is 23.7 Å². The minimum Gasteiger partial charge on any atom is -0.207 e. The Bertz CT molecular complexity index is 388. The molecule has 0 radical (unpaired) electrons. The first-order chi connectivity index (χ1) is 11.1. The third-order valence-corrected chi connectivity index (χ3v) is 4.46. The van der Waals surface area contributed by atoms with Gasteiger partial charge in [-0.1, -0.05) is 34.1 Å². The number of hydrogen-bond donors (Lipinski definition) is 0. The molecular formula is C17H28F8. The van der Waals surface area contributed by atoms with E-state index in [9.17, 15) is 35.1 Å². The topological polar surface area (TPSA) is 0 Å². The van der Waals surface area contributed by atoms with Gasteiger partial charge in [0.05, 0.1) is 19.3 Å². The molecule has 0 aliphatic rings. The van der Waals surface area contributed by atoms with Crippen LogP contribution in [0.25, 0.3) is 0 Å². The van der Waals surface area contributed by atoms with Gasteiger partial charge in [0.2, 0.25) is 0 Å². The Labute approximate surface area is 144 Å². The molecule has 1 atom stereocenters. The SMILES string of the molecule is CCC(C)CC(F)(F)CC(F)(F)CC(F)(F)CC(F)(F)C(CC)CC. The summed E-state index contributed by atoms with van der Waals surface area (Å²) in [6, 6.07) is 0. The minimum atomic E-state index is -4.43. The van der Waals surface area contributed by atoms with Crippen LogP contribution < -0.4 is 0 Å². The molecule has 0 saturated carbocycles. The van der Waals surface area contributed by atoms with E-state index in [1.807, 2.05) is 0 Å². The molecule has 0 N–H and O–H groups in total. The summed E-state index contributed by atoms with van der Waals surface area (Å²) in [6.07, 6.45) is -7.10. The standard InChI is InChI=1S/C17H28F8/c1-5-12(4)8-14(18,19)9-15(20,21)10-16(22,23)11-17(24,25)13(6-2)7-3/h12-13H,5-11H2,1-4H3. The van der Waals surface area contributed by atoms with Crippen molar-refractivity contribution in [1.82, 2.24) is 0 Å². The van der Waals surface area contributed by atoms with Crippen molar-refractivity contribution in [2.75, 3.05) is 0 Å². The molecule has 0 amide bonds. The molecule has 0 aliphatic heterocycles. The molecule has 8 heteroatoms. The quantitative estimate of drug-likeness (QED) is 0.304. The lowest BCUT2D eigenvalue weighted by Gasteiger charge is -2.32. The van der Waals surface area contributed by atoms with Gasteiger partial charge in [-0.25, -0.2) is 35.1 Å². The Balaban J connectivity index is 5.00. The molecule has 152 valence electrons. The van der Waals surface area contributed by atoms with Crippen molar-refractivity contribution in [3.63, 3.8) is 0 Å². The molecule has 0 aliphatic carbocycles. The van der Waals surface area contributed by atoms with Gasteiger partial charge in [-0.3, -0.25) is 0 Å². The Morgan fingerprint density at radius 3 is 1.40 bits per heavy atom. The maximum Gasteiger partial charge on any atom is 0.259 e. The van der Waals surface area contributed by atoms with Crippen molar-refractivity contribution in [1.29, 1.82) is 0 Å². The second kappa shape index (κ2) is 8.89. The van der Waals surface area contributed by atoms with Crippen LogP contribution in [0.15, 0.2) is 0 Å². The Morgan fingerprint density at radius 2 is 1.00 bits per heavy atom. The van der Waals surface area contributed by atoms with E-state index in [1.54, 1.807) is 6.92 Å². The van der Waals surface area contributed by atoms with Gasteiger partial charge in [0.25, 0.3) is 23.7 Å². The van der Waals surface area contributed by atoms with E-state index in [4.69, 9.17) is 0 Å². The van der Waals surface area contributed by atoms with Crippen molar-refractivity contribution in [2.45, 2.75) is 96.3 Å². The third kappa shape index (κ3) is 9.08. The third-order valence-electron chi connectivity index (χ3n) is 4.46. The van der Waals surface area contributed by atoms with Crippen molar-refractivity contribution in [3.8, 4) is 0 Å². The zero-order valence-corrected chi connectivity index (χ0v) is 15.1. The van der Waals surface area contributed by atoms with Crippen molar-refractivity contribution >= 4 is 0 Å². The number of hydrogen-bond acceptors (Lipinski definition) is 0. The lowest BCUT2D eigenvalue weighted by Crippen LogP contribution is -2.40. The second-order valence-corrected chi connectivity index (χ2v) is 7.09. The van der Waals surface area contributed by atoms with Crippen LogP contribution in [0.5, 0.6) is 0 Å². The maximum absolute atomic E-state index is 13.8. The van der Waals surface area contributed by atoms with Crippen LogP contribution in [-0.2, 0) is 0 Å². The Hall–Kier alpha value is -0.560. The first kappa shape index (κ1) is 24.4. The van der Waals surface area contributed by atoms with Crippen molar-refractivity contribution in [3.05, 3.63) is 0 Å². The van der Waals surface area contributed by atoms with Gasteiger partial charge in [0.15, 0.2) is 0 Å². The second-order valence-electron chi connectivity index (χ2n) is 7.09. The molecule has 0 aromatic carbocycles. The average molecular weight is 384 g/mol. The largest absolute Gasteiger partial charge is 0.259 e. The summed E-state index contributed by atoms with van der Waals surface area (Å²) in [7, 11) is 0. The molecule has 0 spiro atoms. The van der Waals surface area contributed by atoms with Crippen LogP contribution in [0.1, 0.15) is 72.6 Å². The van der Waals surface area contributed by atoms with E-state index >= 15 is 0 Å². The van der Waals surface area contributed by atoms with Gasteiger partial charge >= 0.3 is 0 Å². The van der Waals surface area contributed by atoms with Gasteiger partial charge < -0.3 is 0 Å². The van der Waals surface area contributed by atoms with Crippen LogP contribution in [0.4, 0.5) is 35.1 Å². The summed E-state index contributed by atoms with van der Waals surface area (Å²) in [6.45, 7) is 5.83. The normalized spacial score (nSPS) is 15.7. The first-order valence-corrected chi connectivity index (χ1v) is 8.61.